The molecule has 0 saturated heterocycles. The number of carbonyl (C=O) groups is 1. The molecule has 2 rings (SSSR count). The summed E-state index contributed by atoms with van der Waals surface area (Å²) in [6.07, 6.45) is 0. The largest absolute Gasteiger partial charge is 0.324 e. The van der Waals surface area contributed by atoms with E-state index in [1.165, 1.54) is 0 Å². The number of carbonyl (C=O) groups excluding carboxylic acids is 1. The molecule has 0 saturated carbocycles. The number of hydrogen-bond acceptors (Lipinski definition) is 2. The van der Waals surface area contributed by atoms with Gasteiger partial charge in [0.25, 0.3) is 0 Å². The molecule has 3 heteroatoms. The van der Waals surface area contributed by atoms with E-state index >= 15 is 0 Å². The third-order valence-electron chi connectivity index (χ3n) is 3.30. The minimum Gasteiger partial charge on any atom is -0.324 e. The molecular formula is C16H18N2O. The molecule has 1 amide bonds. The Morgan fingerprint density at radius 2 is 1.74 bits per heavy atom. The summed E-state index contributed by atoms with van der Waals surface area (Å²) in [6.45, 7) is 4.00. The van der Waals surface area contributed by atoms with E-state index in [9.17, 15) is 4.79 Å². The summed E-state index contributed by atoms with van der Waals surface area (Å²) in [6, 6.07) is 14.5. The van der Waals surface area contributed by atoms with Gasteiger partial charge in [-0.1, -0.05) is 42.5 Å². The van der Waals surface area contributed by atoms with Crippen molar-refractivity contribution in [2.45, 2.75) is 19.9 Å². The standard InChI is InChI=1S/C16H18N2O/c1-11-7-6-10-14(12(11)2)18-16(19)15(17)13-8-4-3-5-9-13/h3-10,15H,17H2,1-2H3,(H,18,19)/t15-/m1/s1. The lowest BCUT2D eigenvalue weighted by atomic mass is 10.1. The fraction of sp³-hybridized carbons (Fsp3) is 0.188. The van der Waals surface area contributed by atoms with Crippen LogP contribution in [0.15, 0.2) is 48.5 Å². The quantitative estimate of drug-likeness (QED) is 0.884. The van der Waals surface area contributed by atoms with Gasteiger partial charge in [-0.3, -0.25) is 4.79 Å². The molecule has 0 aliphatic heterocycles. The van der Waals surface area contributed by atoms with Crippen molar-refractivity contribution in [3.8, 4) is 0 Å². The molecule has 0 aliphatic rings. The van der Waals surface area contributed by atoms with Crippen LogP contribution in [0.1, 0.15) is 22.7 Å². The van der Waals surface area contributed by atoms with Crippen molar-refractivity contribution in [1.82, 2.24) is 0 Å². The van der Waals surface area contributed by atoms with Gasteiger partial charge in [-0.15, -0.1) is 0 Å². The van der Waals surface area contributed by atoms with Crippen molar-refractivity contribution in [3.63, 3.8) is 0 Å². The fourth-order valence-corrected chi connectivity index (χ4v) is 1.91. The highest BCUT2D eigenvalue weighted by atomic mass is 16.2. The number of hydrogen-bond donors (Lipinski definition) is 2. The van der Waals surface area contributed by atoms with Gasteiger partial charge < -0.3 is 11.1 Å². The summed E-state index contributed by atoms with van der Waals surface area (Å²) in [4.78, 5) is 12.1. The number of aryl methyl sites for hydroxylation is 1. The summed E-state index contributed by atoms with van der Waals surface area (Å²) in [5.41, 5.74) is 9.80. The minimum absolute atomic E-state index is 0.195. The first-order valence-corrected chi connectivity index (χ1v) is 6.27. The Morgan fingerprint density at radius 1 is 1.05 bits per heavy atom. The first kappa shape index (κ1) is 13.3. The maximum absolute atomic E-state index is 12.1. The summed E-state index contributed by atoms with van der Waals surface area (Å²) >= 11 is 0. The second-order valence-electron chi connectivity index (χ2n) is 4.63. The van der Waals surface area contributed by atoms with Crippen molar-refractivity contribution in [2.24, 2.45) is 5.73 Å². The van der Waals surface area contributed by atoms with Crippen LogP contribution in [-0.2, 0) is 4.79 Å². The van der Waals surface area contributed by atoms with E-state index < -0.39 is 6.04 Å². The van der Waals surface area contributed by atoms with Crippen molar-refractivity contribution in [2.75, 3.05) is 5.32 Å². The molecule has 1 atom stereocenters. The Labute approximate surface area is 113 Å². The van der Waals surface area contributed by atoms with Crippen LogP contribution < -0.4 is 11.1 Å². The van der Waals surface area contributed by atoms with Gasteiger partial charge in [-0.05, 0) is 36.6 Å². The number of benzene rings is 2. The van der Waals surface area contributed by atoms with E-state index in [-0.39, 0.29) is 5.91 Å². The average Bonchev–Trinajstić information content (AvgIpc) is 2.44. The van der Waals surface area contributed by atoms with Gasteiger partial charge in [-0.2, -0.15) is 0 Å². The second-order valence-corrected chi connectivity index (χ2v) is 4.63. The summed E-state index contributed by atoms with van der Waals surface area (Å²) in [7, 11) is 0. The molecule has 19 heavy (non-hydrogen) atoms. The predicted octanol–water partition coefficient (Wildman–Crippen LogP) is 2.94. The highest BCUT2D eigenvalue weighted by Crippen LogP contribution is 2.19. The predicted molar refractivity (Wildman–Crippen MR) is 77.9 cm³/mol. The van der Waals surface area contributed by atoms with Gasteiger partial charge in [0.15, 0.2) is 0 Å². The molecule has 0 spiro atoms. The van der Waals surface area contributed by atoms with Crippen LogP contribution in [0.4, 0.5) is 5.69 Å². The van der Waals surface area contributed by atoms with E-state index in [0.29, 0.717) is 0 Å². The third-order valence-corrected chi connectivity index (χ3v) is 3.30. The van der Waals surface area contributed by atoms with Crippen LogP contribution >= 0.6 is 0 Å². The lowest BCUT2D eigenvalue weighted by molar-refractivity contribution is -0.117. The van der Waals surface area contributed by atoms with E-state index in [2.05, 4.69) is 5.32 Å². The number of amides is 1. The van der Waals surface area contributed by atoms with E-state index in [4.69, 9.17) is 5.73 Å². The third kappa shape index (κ3) is 3.01. The average molecular weight is 254 g/mol. The number of anilines is 1. The lowest BCUT2D eigenvalue weighted by Crippen LogP contribution is -2.28. The highest BCUT2D eigenvalue weighted by Gasteiger charge is 2.16. The van der Waals surface area contributed by atoms with Crippen molar-refractivity contribution >= 4 is 11.6 Å². The first-order valence-electron chi connectivity index (χ1n) is 6.27. The van der Waals surface area contributed by atoms with E-state index in [1.54, 1.807) is 0 Å². The van der Waals surface area contributed by atoms with Gasteiger partial charge in [0.05, 0.1) is 0 Å². The smallest absolute Gasteiger partial charge is 0.245 e. The van der Waals surface area contributed by atoms with Gasteiger partial charge >= 0.3 is 0 Å². The van der Waals surface area contributed by atoms with Gasteiger partial charge in [0.1, 0.15) is 6.04 Å². The molecule has 3 N–H and O–H groups in total. The Kier molecular flexibility index (Phi) is 3.97. The Morgan fingerprint density at radius 3 is 2.42 bits per heavy atom. The zero-order valence-corrected chi connectivity index (χ0v) is 11.2. The van der Waals surface area contributed by atoms with Gasteiger partial charge in [-0.25, -0.2) is 0 Å². The molecule has 98 valence electrons. The molecule has 0 heterocycles. The monoisotopic (exact) mass is 254 g/mol. The lowest BCUT2D eigenvalue weighted by Gasteiger charge is -2.15. The summed E-state index contributed by atoms with van der Waals surface area (Å²) < 4.78 is 0. The van der Waals surface area contributed by atoms with Crippen LogP contribution in [0.5, 0.6) is 0 Å². The number of nitrogens with two attached hydrogens (primary N) is 1. The maximum atomic E-state index is 12.1. The van der Waals surface area contributed by atoms with Crippen LogP contribution in [0.2, 0.25) is 0 Å². The normalized spacial score (nSPS) is 11.9. The van der Waals surface area contributed by atoms with Crippen LogP contribution in [0.25, 0.3) is 0 Å². The summed E-state index contributed by atoms with van der Waals surface area (Å²) in [5.74, 6) is -0.195. The molecule has 3 nitrogen and oxygen atoms in total. The zero-order valence-electron chi connectivity index (χ0n) is 11.2. The van der Waals surface area contributed by atoms with Crippen molar-refractivity contribution < 1.29 is 4.79 Å². The topological polar surface area (TPSA) is 55.1 Å². The van der Waals surface area contributed by atoms with Gasteiger partial charge in [0, 0.05) is 5.69 Å². The first-order chi connectivity index (χ1) is 9.09. The van der Waals surface area contributed by atoms with E-state index in [0.717, 1.165) is 22.4 Å². The van der Waals surface area contributed by atoms with Crippen molar-refractivity contribution in [1.29, 1.82) is 0 Å². The second kappa shape index (κ2) is 5.67. The molecule has 0 bridgehead atoms. The van der Waals surface area contributed by atoms with Crippen LogP contribution in [0.3, 0.4) is 0 Å². The SMILES string of the molecule is Cc1cccc(NC(=O)[C@H](N)c2ccccc2)c1C. The Hall–Kier alpha value is -2.13. The number of rotatable bonds is 3. The zero-order chi connectivity index (χ0) is 13.8. The van der Waals surface area contributed by atoms with Gasteiger partial charge in [0.2, 0.25) is 5.91 Å². The van der Waals surface area contributed by atoms with Crippen LogP contribution in [-0.4, -0.2) is 5.91 Å². The summed E-state index contributed by atoms with van der Waals surface area (Å²) in [5, 5.41) is 2.89. The molecule has 2 aromatic rings. The Bertz CT molecular complexity index is 579. The van der Waals surface area contributed by atoms with Crippen LogP contribution in [0, 0.1) is 13.8 Å². The molecule has 0 radical (unpaired) electrons. The number of nitrogens with one attached hydrogen (secondary N) is 1. The molecular weight excluding hydrogens is 236 g/mol. The van der Waals surface area contributed by atoms with Crippen molar-refractivity contribution in [3.05, 3.63) is 65.2 Å². The molecule has 0 aromatic heterocycles. The molecule has 0 fully saturated rings. The molecule has 0 unspecified atom stereocenters. The maximum Gasteiger partial charge on any atom is 0.245 e. The fourth-order valence-electron chi connectivity index (χ4n) is 1.91. The van der Waals surface area contributed by atoms with E-state index in [1.807, 2.05) is 62.4 Å². The molecule has 0 aliphatic carbocycles. The highest BCUT2D eigenvalue weighted by molar-refractivity contribution is 5.96. The molecule has 2 aromatic carbocycles. The minimum atomic E-state index is -0.652. The Balaban J connectivity index is 2.15.